The van der Waals surface area contributed by atoms with Gasteiger partial charge in [-0.1, -0.05) is 30.3 Å². The van der Waals surface area contributed by atoms with Crippen LogP contribution in [0.15, 0.2) is 48.7 Å². The third kappa shape index (κ3) is 3.79. The van der Waals surface area contributed by atoms with Gasteiger partial charge in [0, 0.05) is 19.3 Å². The van der Waals surface area contributed by atoms with Crippen LogP contribution in [0.5, 0.6) is 5.75 Å². The fourth-order valence-corrected chi connectivity index (χ4v) is 3.84. The number of ether oxygens (including phenoxy) is 1. The molecule has 0 saturated carbocycles. The van der Waals surface area contributed by atoms with E-state index in [0.717, 1.165) is 25.8 Å². The van der Waals surface area contributed by atoms with E-state index in [9.17, 15) is 9.59 Å². The number of benzene rings is 1. The van der Waals surface area contributed by atoms with Crippen LogP contribution in [-0.4, -0.2) is 47.9 Å². The molecule has 1 atom stereocenters. The number of nitrogens with zero attached hydrogens (tertiary/aromatic N) is 3. The summed E-state index contributed by atoms with van der Waals surface area (Å²) in [5.74, 6) is 1.20. The van der Waals surface area contributed by atoms with E-state index in [-0.39, 0.29) is 25.0 Å². The lowest BCUT2D eigenvalue weighted by Gasteiger charge is -2.30. The summed E-state index contributed by atoms with van der Waals surface area (Å²) in [6.45, 7) is 1.41. The summed E-state index contributed by atoms with van der Waals surface area (Å²) in [6.07, 6.45) is 4.60. The molecular weight excluding hydrogens is 342 g/mol. The van der Waals surface area contributed by atoms with Crippen LogP contribution in [0.25, 0.3) is 0 Å². The molecule has 3 heterocycles. The van der Waals surface area contributed by atoms with E-state index < -0.39 is 0 Å². The third-order valence-corrected chi connectivity index (χ3v) is 5.30. The van der Waals surface area contributed by atoms with Crippen molar-refractivity contribution in [1.82, 2.24) is 9.88 Å². The molecule has 0 spiro atoms. The van der Waals surface area contributed by atoms with Crippen molar-refractivity contribution in [3.63, 3.8) is 0 Å². The van der Waals surface area contributed by atoms with Crippen molar-refractivity contribution >= 4 is 17.6 Å². The van der Waals surface area contributed by atoms with E-state index in [1.54, 1.807) is 18.3 Å². The van der Waals surface area contributed by atoms with Gasteiger partial charge in [-0.25, -0.2) is 4.98 Å². The highest BCUT2D eigenvalue weighted by atomic mass is 16.5. The maximum absolute atomic E-state index is 12.9. The Morgan fingerprint density at radius 1 is 1.11 bits per heavy atom. The maximum Gasteiger partial charge on any atom is 0.266 e. The van der Waals surface area contributed by atoms with E-state index in [2.05, 4.69) is 29.2 Å². The number of likely N-dealkylation sites (tertiary alicyclic amines) is 1. The molecule has 6 heteroatoms. The largest absolute Gasteiger partial charge is 0.480 e. The lowest BCUT2D eigenvalue weighted by Crippen LogP contribution is -2.47. The number of hydrogen-bond donors (Lipinski definition) is 0. The topological polar surface area (TPSA) is 62.7 Å². The Kier molecular flexibility index (Phi) is 5.05. The number of carbonyl (C=O) groups is 2. The molecule has 0 radical (unpaired) electrons. The standard InChI is InChI=1S/C21H23N3O3/c25-19(14-24-20(26)15-27-18-9-4-11-22-21(18)24)23-12-5-8-17(10-13-23)16-6-2-1-3-7-16/h1-4,6-7,9,11,17H,5,8,10,12-15H2/t17-/m1/s1. The first-order valence-electron chi connectivity index (χ1n) is 9.43. The average molecular weight is 365 g/mol. The monoisotopic (exact) mass is 365 g/mol. The van der Waals surface area contributed by atoms with Gasteiger partial charge >= 0.3 is 0 Å². The molecule has 0 unspecified atom stereocenters. The minimum Gasteiger partial charge on any atom is -0.480 e. The molecule has 1 saturated heterocycles. The third-order valence-electron chi connectivity index (χ3n) is 5.30. The zero-order chi connectivity index (χ0) is 18.6. The molecule has 0 N–H and O–H groups in total. The van der Waals surface area contributed by atoms with Crippen LogP contribution >= 0.6 is 0 Å². The van der Waals surface area contributed by atoms with Crippen molar-refractivity contribution in [2.24, 2.45) is 0 Å². The highest BCUT2D eigenvalue weighted by Gasteiger charge is 2.30. The highest BCUT2D eigenvalue weighted by molar-refractivity contribution is 6.01. The predicted octanol–water partition coefficient (Wildman–Crippen LogP) is 2.60. The zero-order valence-electron chi connectivity index (χ0n) is 15.2. The first kappa shape index (κ1) is 17.5. The van der Waals surface area contributed by atoms with Crippen molar-refractivity contribution in [3.8, 4) is 5.75 Å². The lowest BCUT2D eigenvalue weighted by molar-refractivity contribution is -0.132. The summed E-state index contributed by atoms with van der Waals surface area (Å²) in [4.78, 5) is 32.7. The Morgan fingerprint density at radius 2 is 1.96 bits per heavy atom. The number of pyridine rings is 1. The fourth-order valence-electron chi connectivity index (χ4n) is 3.84. The maximum atomic E-state index is 12.9. The van der Waals surface area contributed by atoms with Gasteiger partial charge in [0.1, 0.15) is 6.54 Å². The van der Waals surface area contributed by atoms with Gasteiger partial charge in [0.05, 0.1) is 0 Å². The van der Waals surface area contributed by atoms with Gasteiger partial charge in [-0.3, -0.25) is 14.5 Å². The van der Waals surface area contributed by atoms with Gasteiger partial charge in [-0.15, -0.1) is 0 Å². The molecule has 2 aliphatic heterocycles. The summed E-state index contributed by atoms with van der Waals surface area (Å²) in [7, 11) is 0. The number of rotatable bonds is 3. The van der Waals surface area contributed by atoms with Crippen molar-refractivity contribution in [1.29, 1.82) is 0 Å². The van der Waals surface area contributed by atoms with Gasteiger partial charge in [0.2, 0.25) is 5.91 Å². The van der Waals surface area contributed by atoms with Gasteiger partial charge in [-0.2, -0.15) is 0 Å². The Hall–Kier alpha value is -2.89. The summed E-state index contributed by atoms with van der Waals surface area (Å²) in [5, 5.41) is 0. The molecule has 0 bridgehead atoms. The number of fused-ring (bicyclic) bond motifs is 1. The highest BCUT2D eigenvalue weighted by Crippen LogP contribution is 2.30. The number of anilines is 1. The van der Waals surface area contributed by atoms with Crippen molar-refractivity contribution in [2.75, 3.05) is 31.1 Å². The van der Waals surface area contributed by atoms with Gasteiger partial charge in [-0.05, 0) is 42.9 Å². The van der Waals surface area contributed by atoms with Crippen molar-refractivity contribution < 1.29 is 14.3 Å². The van der Waals surface area contributed by atoms with Gasteiger partial charge < -0.3 is 9.64 Å². The van der Waals surface area contributed by atoms with Crippen molar-refractivity contribution in [3.05, 3.63) is 54.2 Å². The first-order chi connectivity index (χ1) is 13.2. The number of aromatic nitrogens is 1. The van der Waals surface area contributed by atoms with Crippen LogP contribution in [0.4, 0.5) is 5.82 Å². The molecule has 2 amide bonds. The minimum atomic E-state index is -0.230. The molecule has 6 nitrogen and oxygen atoms in total. The van der Waals surface area contributed by atoms with E-state index in [0.29, 0.717) is 24.0 Å². The Labute approximate surface area is 158 Å². The second kappa shape index (κ2) is 7.78. The smallest absolute Gasteiger partial charge is 0.266 e. The molecule has 1 aromatic heterocycles. The molecule has 2 aromatic rings. The molecule has 1 fully saturated rings. The number of amides is 2. The van der Waals surface area contributed by atoms with E-state index >= 15 is 0 Å². The Bertz CT molecular complexity index is 824. The number of hydrogen-bond acceptors (Lipinski definition) is 4. The van der Waals surface area contributed by atoms with Crippen LogP contribution in [0.3, 0.4) is 0 Å². The van der Waals surface area contributed by atoms with Crippen LogP contribution in [-0.2, 0) is 9.59 Å². The quantitative estimate of drug-likeness (QED) is 0.839. The molecule has 27 heavy (non-hydrogen) atoms. The summed E-state index contributed by atoms with van der Waals surface area (Å²) < 4.78 is 5.40. The molecule has 1 aromatic carbocycles. The molecular formula is C21H23N3O3. The zero-order valence-corrected chi connectivity index (χ0v) is 15.2. The summed E-state index contributed by atoms with van der Waals surface area (Å²) in [6, 6.07) is 14.0. The summed E-state index contributed by atoms with van der Waals surface area (Å²) >= 11 is 0. The summed E-state index contributed by atoms with van der Waals surface area (Å²) in [5.41, 5.74) is 1.34. The Morgan fingerprint density at radius 3 is 2.81 bits per heavy atom. The predicted molar refractivity (Wildman–Crippen MR) is 102 cm³/mol. The van der Waals surface area contributed by atoms with Crippen LogP contribution in [0.1, 0.15) is 30.7 Å². The van der Waals surface area contributed by atoms with Gasteiger partial charge in [0.15, 0.2) is 18.2 Å². The van der Waals surface area contributed by atoms with Crippen molar-refractivity contribution in [2.45, 2.75) is 25.2 Å². The SMILES string of the molecule is O=C(CN1C(=O)COc2cccnc21)N1CCC[C@@H](c2ccccc2)CC1. The van der Waals surface area contributed by atoms with Crippen LogP contribution < -0.4 is 9.64 Å². The minimum absolute atomic E-state index is 0.0161. The second-order valence-corrected chi connectivity index (χ2v) is 7.01. The molecule has 140 valence electrons. The van der Waals surface area contributed by atoms with Crippen LogP contribution in [0.2, 0.25) is 0 Å². The van der Waals surface area contributed by atoms with E-state index in [1.165, 1.54) is 10.5 Å². The van der Waals surface area contributed by atoms with Gasteiger partial charge in [0.25, 0.3) is 5.91 Å². The second-order valence-electron chi connectivity index (χ2n) is 7.01. The normalized spacial score (nSPS) is 19.9. The average Bonchev–Trinajstić information content (AvgIpc) is 2.97. The fraction of sp³-hybridized carbons (Fsp3) is 0.381. The van der Waals surface area contributed by atoms with E-state index in [4.69, 9.17) is 4.74 Å². The molecule has 4 rings (SSSR count). The number of carbonyl (C=O) groups excluding carboxylic acids is 2. The Balaban J connectivity index is 1.42. The van der Waals surface area contributed by atoms with E-state index in [1.807, 2.05) is 11.0 Å². The molecule has 0 aliphatic carbocycles. The molecule has 2 aliphatic rings. The first-order valence-corrected chi connectivity index (χ1v) is 9.43. The van der Waals surface area contributed by atoms with Crippen LogP contribution in [0, 0.1) is 0 Å². The lowest BCUT2D eigenvalue weighted by atomic mass is 9.92.